The molecule has 0 N–H and O–H groups in total. The van der Waals surface area contributed by atoms with Gasteiger partial charge >= 0.3 is 0 Å². The minimum Gasteiger partial charge on any atom is -0.310 e. The largest absolute Gasteiger partial charge is 0.310 e. The van der Waals surface area contributed by atoms with Crippen LogP contribution in [0.15, 0.2) is 267 Å². The first-order chi connectivity index (χ1) is 61.6. The van der Waals surface area contributed by atoms with Gasteiger partial charge in [-0.2, -0.15) is 5.26 Å². The molecule has 14 aromatic carbocycles. The zero-order valence-corrected chi connectivity index (χ0v) is 84.2. The molecule has 0 bridgehead atoms. The number of anilines is 6. The van der Waals surface area contributed by atoms with Crippen molar-refractivity contribution in [2.75, 3.05) is 9.80 Å². The number of nitriles is 1. The van der Waals surface area contributed by atoms with Crippen LogP contribution in [0.4, 0.5) is 39.8 Å². The maximum absolute atomic E-state index is 10.6. The summed E-state index contributed by atoms with van der Waals surface area (Å²) in [5.41, 5.74) is 39.9. The molecule has 17 rings (SSSR count). The predicted octanol–water partition coefficient (Wildman–Crippen LogP) is 33.9. The molecular formula is C126H134BN5. The second-order valence-electron chi connectivity index (χ2n) is 48.4. The van der Waals surface area contributed by atoms with Crippen molar-refractivity contribution in [3.05, 3.63) is 340 Å². The zero-order chi connectivity index (χ0) is 94.9. The van der Waals surface area contributed by atoms with Crippen molar-refractivity contribution < 1.29 is 0 Å². The molecular weight excluding hydrogens is 1590 g/mol. The molecule has 2 aliphatic rings. The summed E-state index contributed by atoms with van der Waals surface area (Å²) in [6, 6.07) is 107. The molecule has 0 saturated heterocycles. The normalized spacial score (nSPS) is 13.5. The van der Waals surface area contributed by atoms with Crippen LogP contribution in [0.2, 0.25) is 0 Å². The van der Waals surface area contributed by atoms with Crippen LogP contribution in [0.3, 0.4) is 0 Å². The van der Waals surface area contributed by atoms with E-state index in [1.165, 1.54) is 82.8 Å². The molecule has 0 unspecified atom stereocenters. The summed E-state index contributed by atoms with van der Waals surface area (Å²) in [4.78, 5) is 9.58. The van der Waals surface area contributed by atoms with Crippen LogP contribution < -0.4 is 26.2 Å². The van der Waals surface area contributed by atoms with E-state index < -0.39 is 5.41 Å². The molecule has 0 atom stereocenters. The Labute approximate surface area is 790 Å². The molecule has 0 aliphatic carbocycles. The molecule has 0 radical (unpaired) electrons. The fraction of sp³-hybridized carbons (Fsp3) is 0.317. The van der Waals surface area contributed by atoms with Crippen molar-refractivity contribution in [1.29, 1.82) is 5.26 Å². The van der Waals surface area contributed by atoms with E-state index in [9.17, 15) is 5.26 Å². The van der Waals surface area contributed by atoms with E-state index in [1.807, 2.05) is 24.3 Å². The predicted molar refractivity (Wildman–Crippen MR) is 571 cm³/mol. The summed E-state index contributed by atoms with van der Waals surface area (Å²) in [5.74, 6) is 0. The molecule has 2 aliphatic heterocycles. The van der Waals surface area contributed by atoms with Gasteiger partial charge in [-0.15, -0.1) is 0 Å². The minimum atomic E-state index is -0.458. The van der Waals surface area contributed by atoms with E-state index in [0.29, 0.717) is 11.3 Å². The van der Waals surface area contributed by atoms with Crippen LogP contribution in [0.5, 0.6) is 0 Å². The van der Waals surface area contributed by atoms with E-state index in [4.69, 9.17) is 6.57 Å². The van der Waals surface area contributed by atoms with Gasteiger partial charge in [0.15, 0.2) is 5.69 Å². The lowest BCUT2D eigenvalue weighted by Gasteiger charge is -2.47. The van der Waals surface area contributed by atoms with Crippen LogP contribution in [-0.4, -0.2) is 11.3 Å². The average Bonchev–Trinajstić information content (AvgIpc) is 0.749. The number of fused-ring (bicyclic) bond motifs is 7. The second-order valence-corrected chi connectivity index (χ2v) is 48.4. The molecule has 5 nitrogen and oxygen atoms in total. The number of benzene rings is 14. The summed E-state index contributed by atoms with van der Waals surface area (Å²) < 4.78 is 2.53. The number of hydrogen-bond acceptors (Lipinski definition) is 3. The topological polar surface area (TPSA) is 39.6 Å². The molecule has 0 amide bonds. The fourth-order valence-corrected chi connectivity index (χ4v) is 19.6. The van der Waals surface area contributed by atoms with Gasteiger partial charge in [0.05, 0.1) is 40.6 Å². The number of hydrogen-bond donors (Lipinski definition) is 0. The first-order valence-corrected chi connectivity index (χ1v) is 47.8. The fourth-order valence-electron chi connectivity index (χ4n) is 19.6. The number of aromatic nitrogens is 1. The smallest absolute Gasteiger partial charge is 0.252 e. The van der Waals surface area contributed by atoms with Gasteiger partial charge in [0.2, 0.25) is 0 Å². The van der Waals surface area contributed by atoms with Gasteiger partial charge in [-0.05, 0) is 261 Å². The van der Waals surface area contributed by atoms with Gasteiger partial charge in [0, 0.05) is 61.5 Å². The molecule has 0 spiro atoms. The highest BCUT2D eigenvalue weighted by Gasteiger charge is 2.48. The second kappa shape index (κ2) is 32.2. The van der Waals surface area contributed by atoms with Gasteiger partial charge in [-0.25, -0.2) is 4.85 Å². The highest BCUT2D eigenvalue weighted by molar-refractivity contribution is 7.00. The standard InChI is InChI=1S/C126H134BN5/c1-117(2,3)88-38-36-37-80(55-88)81-49-54-110-107(68-81)127-106-53-52-99(130-108-41-34-32-39-100(108)101-40-33-35-42-109(101)130)75-111(106)132(116-104(86-60-93(122(16,17)18)71-94(61-86)123(19,20)21)66-83(79-47-50-98(129-31)51-48-79)67-105(116)87-62-95(124(22,23)24)72-96(63-87)125(25,26)27)113-74-97(126(28,29)30)73-112(114(113)127)131(110)115-102(84-56-89(118(4,5)6)69-90(57-84)119(7,8)9)64-82(78-45-43-77(76-128)44-46-78)65-103(115)85-58-91(120(10,11)12)70-92(59-85)121(13,14)15/h32-75H,1-30H3. The first kappa shape index (κ1) is 91.4. The monoisotopic (exact) mass is 1730 g/mol. The van der Waals surface area contributed by atoms with Crippen LogP contribution in [-0.2, 0) is 54.1 Å². The van der Waals surface area contributed by atoms with Crippen molar-refractivity contribution in [2.24, 2.45) is 0 Å². The molecule has 0 saturated carbocycles. The third kappa shape index (κ3) is 17.1. The lowest BCUT2D eigenvalue weighted by molar-refractivity contribution is 0.568. The first-order valence-electron chi connectivity index (χ1n) is 47.8. The Morgan fingerprint density at radius 3 is 0.939 bits per heavy atom. The Morgan fingerprint density at radius 1 is 0.258 bits per heavy atom. The Morgan fingerprint density at radius 2 is 0.583 bits per heavy atom. The SMILES string of the molecule is [C-]#[N+]c1ccc(-c2cc(-c3cc(C(C)(C)C)cc(C(C)(C)C)c3)c(N3c4cc(-n5c6ccccc6c6ccccc65)ccc4B4c5cc(-c6cccc(C(C)(C)C)c6)ccc5N(c5c(-c6cc(C(C)(C)C)cc(C(C)(C)C)c6)cc(-c6ccc(C#N)cc6)cc5-c5cc(C(C)(C)C)cc(C(C)(C)C)c5)c5cc(C(C)(C)C)cc3c54)c(-c3cc(C(C)(C)C)cc(C(C)(C)C)c3)c2)cc1. The maximum Gasteiger partial charge on any atom is 0.252 e. The zero-order valence-electron chi connectivity index (χ0n) is 84.2. The van der Waals surface area contributed by atoms with Gasteiger partial charge in [-0.3, -0.25) is 0 Å². The lowest BCUT2D eigenvalue weighted by atomic mass is 9.33. The molecule has 3 heterocycles. The summed E-state index contributed by atoms with van der Waals surface area (Å²) in [6.45, 7) is 79.1. The summed E-state index contributed by atoms with van der Waals surface area (Å²) in [7, 11) is 0. The molecule has 6 heteroatoms. The Balaban J connectivity index is 1.15. The van der Waals surface area contributed by atoms with Crippen molar-refractivity contribution in [1.82, 2.24) is 4.57 Å². The van der Waals surface area contributed by atoms with Crippen molar-refractivity contribution in [3.63, 3.8) is 0 Å². The van der Waals surface area contributed by atoms with Crippen LogP contribution in [0.25, 0.3) is 110 Å². The van der Waals surface area contributed by atoms with E-state index in [1.54, 1.807) is 0 Å². The van der Waals surface area contributed by atoms with Crippen molar-refractivity contribution in [2.45, 2.75) is 262 Å². The summed E-state index contributed by atoms with van der Waals surface area (Å²) >= 11 is 0. The molecule has 1 aromatic heterocycles. The van der Waals surface area contributed by atoms with Crippen LogP contribution in [0.1, 0.15) is 269 Å². The van der Waals surface area contributed by atoms with E-state index in [2.05, 4.69) is 476 Å². The van der Waals surface area contributed by atoms with E-state index >= 15 is 0 Å². The molecule has 132 heavy (non-hydrogen) atoms. The van der Waals surface area contributed by atoms with Crippen molar-refractivity contribution in [3.8, 4) is 89.6 Å². The van der Waals surface area contributed by atoms with Gasteiger partial charge in [0.1, 0.15) is 0 Å². The molecule has 666 valence electrons. The highest BCUT2D eigenvalue weighted by atomic mass is 15.2. The average molecular weight is 1730 g/mol. The summed E-state index contributed by atoms with van der Waals surface area (Å²) in [5, 5.41) is 13.0. The minimum absolute atomic E-state index is 0.131. The summed E-state index contributed by atoms with van der Waals surface area (Å²) in [6.07, 6.45) is 0. The van der Waals surface area contributed by atoms with E-state index in [-0.39, 0.29) is 55.4 Å². The van der Waals surface area contributed by atoms with Crippen molar-refractivity contribution >= 4 is 84.7 Å². The lowest BCUT2D eigenvalue weighted by Crippen LogP contribution is -2.61. The molecule has 0 fully saturated rings. The maximum atomic E-state index is 10.6. The third-order valence-corrected chi connectivity index (χ3v) is 28.1. The Hall–Kier alpha value is -12.5. The quantitative estimate of drug-likeness (QED) is 0.101. The van der Waals surface area contributed by atoms with Crippen LogP contribution in [0, 0.1) is 17.9 Å². The van der Waals surface area contributed by atoms with E-state index in [0.717, 1.165) is 129 Å². The Kier molecular flexibility index (Phi) is 22.3. The highest BCUT2D eigenvalue weighted by Crippen LogP contribution is 2.58. The van der Waals surface area contributed by atoms with Gasteiger partial charge < -0.3 is 14.4 Å². The number of nitrogens with zero attached hydrogens (tertiary/aromatic N) is 5. The third-order valence-electron chi connectivity index (χ3n) is 28.1. The Bertz CT molecular complexity index is 6850. The number of rotatable bonds is 10. The number of para-hydroxylation sites is 2. The molecule has 15 aromatic rings. The van der Waals surface area contributed by atoms with Gasteiger partial charge in [-0.1, -0.05) is 396 Å². The van der Waals surface area contributed by atoms with Gasteiger partial charge in [0.25, 0.3) is 6.71 Å². The van der Waals surface area contributed by atoms with Crippen LogP contribution >= 0.6 is 0 Å².